The minimum atomic E-state index is -0.597. The zero-order chi connectivity index (χ0) is 15.1. The van der Waals surface area contributed by atoms with E-state index in [0.29, 0.717) is 0 Å². The molecule has 6 nitrogen and oxygen atoms in total. The fourth-order valence-corrected chi connectivity index (χ4v) is 2.32. The minimum absolute atomic E-state index is 0.0100. The Morgan fingerprint density at radius 3 is 2.52 bits per heavy atom. The largest absolute Gasteiger partial charge is 0.426 e. The average Bonchev–Trinajstić information content (AvgIpc) is 2.44. The number of ketones is 2. The molecule has 0 atom stereocenters. The molecule has 21 heavy (non-hydrogen) atoms. The third-order valence-electron chi connectivity index (χ3n) is 3.17. The number of aromatic amines is 1. The molecule has 1 N–H and O–H groups in total. The lowest BCUT2D eigenvalue weighted by atomic mass is 9.84. The van der Waals surface area contributed by atoms with Crippen LogP contribution in [0.4, 0.5) is 0 Å². The maximum atomic E-state index is 12.5. The number of esters is 1. The fourth-order valence-electron chi connectivity index (χ4n) is 2.32. The number of aromatic nitrogens is 1. The monoisotopic (exact) mass is 283 g/mol. The number of fused-ring (bicyclic) bond motifs is 2. The van der Waals surface area contributed by atoms with Crippen LogP contribution in [0, 0.1) is 0 Å². The second-order valence-corrected chi connectivity index (χ2v) is 4.56. The number of rotatable bonds is 1. The van der Waals surface area contributed by atoms with Gasteiger partial charge in [0.2, 0.25) is 5.56 Å². The van der Waals surface area contributed by atoms with Crippen molar-refractivity contribution >= 4 is 17.5 Å². The molecule has 3 rings (SSSR count). The summed E-state index contributed by atoms with van der Waals surface area (Å²) >= 11 is 0. The van der Waals surface area contributed by atoms with Gasteiger partial charge >= 0.3 is 5.97 Å². The van der Waals surface area contributed by atoms with Gasteiger partial charge in [-0.05, 0) is 6.07 Å². The van der Waals surface area contributed by atoms with Gasteiger partial charge in [0.1, 0.15) is 5.75 Å². The van der Waals surface area contributed by atoms with E-state index < -0.39 is 23.1 Å². The van der Waals surface area contributed by atoms with Crippen molar-refractivity contribution in [3.05, 3.63) is 63.1 Å². The molecule has 6 heteroatoms. The number of hydrogen-bond donors (Lipinski definition) is 1. The van der Waals surface area contributed by atoms with E-state index >= 15 is 0 Å². The molecule has 0 aliphatic heterocycles. The van der Waals surface area contributed by atoms with E-state index in [0.717, 1.165) is 6.07 Å². The lowest BCUT2D eigenvalue weighted by molar-refractivity contribution is -0.131. The van der Waals surface area contributed by atoms with E-state index in [-0.39, 0.29) is 28.0 Å². The summed E-state index contributed by atoms with van der Waals surface area (Å²) in [6.45, 7) is 1.20. The molecule has 0 spiro atoms. The number of carbonyl (C=O) groups is 3. The number of hydrogen-bond acceptors (Lipinski definition) is 5. The van der Waals surface area contributed by atoms with E-state index in [4.69, 9.17) is 4.74 Å². The quantitative estimate of drug-likeness (QED) is 0.532. The van der Waals surface area contributed by atoms with Crippen LogP contribution in [0.3, 0.4) is 0 Å². The summed E-state index contributed by atoms with van der Waals surface area (Å²) in [7, 11) is 0. The summed E-state index contributed by atoms with van der Waals surface area (Å²) in [5, 5.41) is 0. The first kappa shape index (κ1) is 13.0. The Balaban J connectivity index is 2.28. The molecule has 1 heterocycles. The molecule has 0 bridgehead atoms. The molecule has 0 fully saturated rings. The van der Waals surface area contributed by atoms with Gasteiger partial charge in [0.25, 0.3) is 0 Å². The molecule has 104 valence electrons. The number of nitrogens with one attached hydrogen (secondary N) is 1. The van der Waals surface area contributed by atoms with E-state index in [1.165, 1.54) is 31.3 Å². The van der Waals surface area contributed by atoms with Gasteiger partial charge in [-0.3, -0.25) is 19.2 Å². The van der Waals surface area contributed by atoms with Crippen molar-refractivity contribution in [2.24, 2.45) is 0 Å². The number of H-pyrrole nitrogens is 1. The first-order valence-corrected chi connectivity index (χ1v) is 6.12. The Morgan fingerprint density at radius 1 is 1.05 bits per heavy atom. The van der Waals surface area contributed by atoms with Gasteiger partial charge in [-0.25, -0.2) is 0 Å². The number of carbonyl (C=O) groups excluding carboxylic acids is 3. The fraction of sp³-hybridized carbons (Fsp3) is 0.0667. The van der Waals surface area contributed by atoms with E-state index in [1.807, 2.05) is 0 Å². The smallest absolute Gasteiger partial charge is 0.308 e. The summed E-state index contributed by atoms with van der Waals surface area (Å²) < 4.78 is 4.98. The molecule has 0 radical (unpaired) electrons. The standard InChI is InChI=1S/C15H9NO5/c1-7(17)21-11-4-2-3-8-13(11)15(20)9-5-12(18)16-6-10(9)14(8)19/h2-6H,1H3,(H,16,18). The van der Waals surface area contributed by atoms with Gasteiger partial charge in [0, 0.05) is 30.3 Å². The second kappa shape index (κ2) is 4.52. The topological polar surface area (TPSA) is 93.3 Å². The van der Waals surface area contributed by atoms with E-state index in [1.54, 1.807) is 0 Å². The molecule has 2 aromatic rings. The van der Waals surface area contributed by atoms with Gasteiger partial charge < -0.3 is 9.72 Å². The van der Waals surface area contributed by atoms with Crippen LogP contribution in [0.25, 0.3) is 0 Å². The maximum absolute atomic E-state index is 12.5. The van der Waals surface area contributed by atoms with Gasteiger partial charge in [-0.1, -0.05) is 12.1 Å². The van der Waals surface area contributed by atoms with Crippen molar-refractivity contribution in [2.45, 2.75) is 6.92 Å². The average molecular weight is 283 g/mol. The van der Waals surface area contributed by atoms with E-state index in [9.17, 15) is 19.2 Å². The van der Waals surface area contributed by atoms with Crippen LogP contribution in [0.15, 0.2) is 35.3 Å². The minimum Gasteiger partial charge on any atom is -0.426 e. The molecule has 0 saturated carbocycles. The SMILES string of the molecule is CC(=O)Oc1cccc2c1C(=O)c1cc(=O)[nH]cc1C2=O. The molecule has 1 aromatic heterocycles. The summed E-state index contributed by atoms with van der Waals surface area (Å²) in [5.74, 6) is -1.49. The first-order chi connectivity index (χ1) is 9.99. The number of ether oxygens (including phenoxy) is 1. The van der Waals surface area contributed by atoms with Crippen molar-refractivity contribution < 1.29 is 19.1 Å². The number of pyridine rings is 1. The van der Waals surface area contributed by atoms with Crippen LogP contribution in [0.5, 0.6) is 5.75 Å². The van der Waals surface area contributed by atoms with Gasteiger partial charge in [0.05, 0.1) is 11.1 Å². The Hall–Kier alpha value is -3.02. The summed E-state index contributed by atoms with van der Waals surface area (Å²) in [6, 6.07) is 5.52. The van der Waals surface area contributed by atoms with Crippen LogP contribution < -0.4 is 10.3 Å². The Kier molecular flexibility index (Phi) is 2.79. The Bertz CT molecular complexity index is 863. The normalized spacial score (nSPS) is 12.6. The van der Waals surface area contributed by atoms with Gasteiger partial charge in [0.15, 0.2) is 11.6 Å². The zero-order valence-corrected chi connectivity index (χ0v) is 10.9. The van der Waals surface area contributed by atoms with Crippen molar-refractivity contribution in [1.82, 2.24) is 4.98 Å². The lowest BCUT2D eigenvalue weighted by Crippen LogP contribution is -2.25. The Labute approximate surface area is 118 Å². The third kappa shape index (κ3) is 1.97. The second-order valence-electron chi connectivity index (χ2n) is 4.56. The zero-order valence-electron chi connectivity index (χ0n) is 10.9. The van der Waals surface area contributed by atoms with Crippen LogP contribution in [-0.2, 0) is 4.79 Å². The lowest BCUT2D eigenvalue weighted by Gasteiger charge is -2.18. The molecule has 1 aliphatic rings. The summed E-state index contributed by atoms with van der Waals surface area (Å²) in [6.07, 6.45) is 1.22. The summed E-state index contributed by atoms with van der Waals surface area (Å²) in [5.41, 5.74) is -0.180. The predicted octanol–water partition coefficient (Wildman–Crippen LogP) is 1.08. The predicted molar refractivity (Wildman–Crippen MR) is 71.7 cm³/mol. The maximum Gasteiger partial charge on any atom is 0.308 e. The first-order valence-electron chi connectivity index (χ1n) is 6.12. The van der Waals surface area contributed by atoms with Crippen molar-refractivity contribution in [3.63, 3.8) is 0 Å². The highest BCUT2D eigenvalue weighted by Gasteiger charge is 2.32. The molecule has 0 amide bonds. The van der Waals surface area contributed by atoms with Gasteiger partial charge in [-0.15, -0.1) is 0 Å². The highest BCUT2D eigenvalue weighted by Crippen LogP contribution is 2.32. The van der Waals surface area contributed by atoms with Crippen molar-refractivity contribution in [3.8, 4) is 5.75 Å². The van der Waals surface area contributed by atoms with Crippen LogP contribution >= 0.6 is 0 Å². The van der Waals surface area contributed by atoms with Crippen molar-refractivity contribution in [1.29, 1.82) is 0 Å². The van der Waals surface area contributed by atoms with E-state index in [2.05, 4.69) is 4.98 Å². The molecule has 0 unspecified atom stereocenters. The Morgan fingerprint density at radius 2 is 1.81 bits per heavy atom. The highest BCUT2D eigenvalue weighted by molar-refractivity contribution is 6.29. The third-order valence-corrected chi connectivity index (χ3v) is 3.17. The highest BCUT2D eigenvalue weighted by atomic mass is 16.5. The molecule has 1 aliphatic carbocycles. The van der Waals surface area contributed by atoms with Crippen molar-refractivity contribution in [2.75, 3.05) is 0 Å². The van der Waals surface area contributed by atoms with Crippen LogP contribution in [0.1, 0.15) is 38.8 Å². The van der Waals surface area contributed by atoms with Crippen LogP contribution in [-0.4, -0.2) is 22.5 Å². The molecule has 1 aromatic carbocycles. The molecular formula is C15H9NO5. The molecular weight excluding hydrogens is 274 g/mol. The number of benzene rings is 1. The molecule has 0 saturated heterocycles. The van der Waals surface area contributed by atoms with Crippen LogP contribution in [0.2, 0.25) is 0 Å². The van der Waals surface area contributed by atoms with Gasteiger partial charge in [-0.2, -0.15) is 0 Å². The summed E-state index contributed by atoms with van der Waals surface area (Å²) in [4.78, 5) is 49.8.